The fourth-order valence-corrected chi connectivity index (χ4v) is 3.68. The van der Waals surface area contributed by atoms with Gasteiger partial charge in [-0.3, -0.25) is 0 Å². The lowest BCUT2D eigenvalue weighted by molar-refractivity contribution is 0.354. The van der Waals surface area contributed by atoms with Gasteiger partial charge in [-0.1, -0.05) is 13.8 Å². The van der Waals surface area contributed by atoms with Crippen LogP contribution in [-0.2, 0) is 10.0 Å². The van der Waals surface area contributed by atoms with Crippen LogP contribution in [-0.4, -0.2) is 36.8 Å². The van der Waals surface area contributed by atoms with Crippen molar-refractivity contribution in [2.75, 3.05) is 18.4 Å². The van der Waals surface area contributed by atoms with Gasteiger partial charge in [-0.15, -0.1) is 0 Å². The normalized spacial score (nSPS) is 12.1. The van der Waals surface area contributed by atoms with E-state index in [1.807, 2.05) is 20.8 Å². The van der Waals surface area contributed by atoms with Gasteiger partial charge in [0, 0.05) is 31.4 Å². The van der Waals surface area contributed by atoms with Crippen LogP contribution < -0.4 is 5.32 Å². The minimum atomic E-state index is -3.46. The molecule has 0 aliphatic rings. The summed E-state index contributed by atoms with van der Waals surface area (Å²) in [5.74, 6) is 0.605. The fourth-order valence-electron chi connectivity index (χ4n) is 1.93. The molecule has 0 fully saturated rings. The summed E-state index contributed by atoms with van der Waals surface area (Å²) < 4.78 is 26.9. The van der Waals surface area contributed by atoms with Crippen LogP contribution in [0.4, 0.5) is 5.82 Å². The quantitative estimate of drug-likeness (QED) is 0.801. The predicted molar refractivity (Wildman–Crippen MR) is 82.3 cm³/mol. The van der Waals surface area contributed by atoms with Crippen LogP contribution in [0.15, 0.2) is 23.2 Å². The van der Waals surface area contributed by atoms with Crippen molar-refractivity contribution < 1.29 is 8.42 Å². The lowest BCUT2D eigenvalue weighted by Crippen LogP contribution is -2.37. The number of rotatable bonds is 8. The first-order chi connectivity index (χ1) is 9.43. The van der Waals surface area contributed by atoms with Crippen LogP contribution in [0, 0.1) is 0 Å². The van der Waals surface area contributed by atoms with Gasteiger partial charge in [0.1, 0.15) is 5.82 Å². The molecule has 0 bridgehead atoms. The Bertz CT molecular complexity index is 515. The molecule has 0 aromatic carbocycles. The van der Waals surface area contributed by atoms with Gasteiger partial charge in [0.15, 0.2) is 0 Å². The van der Waals surface area contributed by atoms with E-state index in [4.69, 9.17) is 0 Å². The van der Waals surface area contributed by atoms with E-state index in [2.05, 4.69) is 17.2 Å². The van der Waals surface area contributed by atoms with Gasteiger partial charge in [-0.25, -0.2) is 13.4 Å². The lowest BCUT2D eigenvalue weighted by Gasteiger charge is -2.25. The summed E-state index contributed by atoms with van der Waals surface area (Å²) in [5, 5.41) is 3.11. The van der Waals surface area contributed by atoms with E-state index in [1.54, 1.807) is 12.1 Å². The van der Waals surface area contributed by atoms with Crippen LogP contribution in [0.1, 0.15) is 40.5 Å². The summed E-state index contributed by atoms with van der Waals surface area (Å²) in [6.45, 7) is 9.12. The average Bonchev–Trinajstić information content (AvgIpc) is 2.42. The number of pyridine rings is 1. The van der Waals surface area contributed by atoms with Crippen LogP contribution in [0.2, 0.25) is 0 Å². The van der Waals surface area contributed by atoms with Gasteiger partial charge in [0.2, 0.25) is 10.0 Å². The minimum Gasteiger partial charge on any atom is -0.370 e. The Morgan fingerprint density at radius 3 is 2.55 bits per heavy atom. The molecule has 1 N–H and O–H groups in total. The highest BCUT2D eigenvalue weighted by Crippen LogP contribution is 2.20. The highest BCUT2D eigenvalue weighted by molar-refractivity contribution is 7.89. The molecule has 0 saturated carbocycles. The standard InChI is InChI=1S/C14H25N3O2S/c1-5-8-15-14-11-13(7-9-16-14)20(18,19)17(10-6-2)12(3)4/h7,9,11-12H,5-6,8,10H2,1-4H3,(H,15,16). The molecule has 0 saturated heterocycles. The number of hydrogen-bond donors (Lipinski definition) is 1. The van der Waals surface area contributed by atoms with Crippen LogP contribution >= 0.6 is 0 Å². The summed E-state index contributed by atoms with van der Waals surface area (Å²) >= 11 is 0. The molecule has 20 heavy (non-hydrogen) atoms. The van der Waals surface area contributed by atoms with Gasteiger partial charge in [0.25, 0.3) is 0 Å². The summed E-state index contributed by atoms with van der Waals surface area (Å²) in [5.41, 5.74) is 0. The molecule has 0 radical (unpaired) electrons. The van der Waals surface area contributed by atoms with Crippen molar-refractivity contribution in [1.29, 1.82) is 0 Å². The van der Waals surface area contributed by atoms with Crippen molar-refractivity contribution in [1.82, 2.24) is 9.29 Å². The average molecular weight is 299 g/mol. The fraction of sp³-hybridized carbons (Fsp3) is 0.643. The van der Waals surface area contributed by atoms with E-state index < -0.39 is 10.0 Å². The molecule has 1 heterocycles. The van der Waals surface area contributed by atoms with Crippen molar-refractivity contribution in [2.24, 2.45) is 0 Å². The first kappa shape index (κ1) is 16.9. The van der Waals surface area contributed by atoms with Crippen molar-refractivity contribution >= 4 is 15.8 Å². The topological polar surface area (TPSA) is 62.3 Å². The SMILES string of the molecule is CCCNc1cc(S(=O)(=O)N(CCC)C(C)C)ccn1. The Kier molecular flexibility index (Phi) is 6.42. The number of hydrogen-bond acceptors (Lipinski definition) is 4. The predicted octanol–water partition coefficient (Wildman–Crippen LogP) is 2.71. The second kappa shape index (κ2) is 7.59. The van der Waals surface area contributed by atoms with Gasteiger partial charge in [-0.2, -0.15) is 4.31 Å². The molecule has 0 aliphatic carbocycles. The molecule has 0 spiro atoms. The maximum absolute atomic E-state index is 12.7. The Hall–Kier alpha value is -1.14. The van der Waals surface area contributed by atoms with Crippen LogP contribution in [0.25, 0.3) is 0 Å². The maximum Gasteiger partial charge on any atom is 0.243 e. The molecule has 0 atom stereocenters. The zero-order valence-electron chi connectivity index (χ0n) is 12.8. The highest BCUT2D eigenvalue weighted by Gasteiger charge is 2.26. The number of nitrogens with zero attached hydrogens (tertiary/aromatic N) is 2. The van der Waals surface area contributed by atoms with E-state index in [1.165, 1.54) is 10.5 Å². The van der Waals surface area contributed by atoms with Gasteiger partial charge >= 0.3 is 0 Å². The molecule has 0 unspecified atom stereocenters. The van der Waals surface area contributed by atoms with Crippen molar-refractivity contribution in [3.05, 3.63) is 18.3 Å². The molecule has 0 aliphatic heterocycles. The zero-order chi connectivity index (χ0) is 15.2. The zero-order valence-corrected chi connectivity index (χ0v) is 13.6. The van der Waals surface area contributed by atoms with Crippen LogP contribution in [0.3, 0.4) is 0 Å². The first-order valence-corrected chi connectivity index (χ1v) is 8.59. The van der Waals surface area contributed by atoms with Gasteiger partial charge < -0.3 is 5.32 Å². The largest absolute Gasteiger partial charge is 0.370 e. The second-order valence-corrected chi connectivity index (χ2v) is 6.90. The van der Waals surface area contributed by atoms with Crippen molar-refractivity contribution in [3.63, 3.8) is 0 Å². The maximum atomic E-state index is 12.7. The van der Waals surface area contributed by atoms with Crippen LogP contribution in [0.5, 0.6) is 0 Å². The molecule has 0 amide bonds. The number of sulfonamides is 1. The summed E-state index contributed by atoms with van der Waals surface area (Å²) in [6, 6.07) is 3.10. The number of nitrogens with one attached hydrogen (secondary N) is 1. The summed E-state index contributed by atoms with van der Waals surface area (Å²) in [4.78, 5) is 4.45. The lowest BCUT2D eigenvalue weighted by atomic mass is 10.4. The smallest absolute Gasteiger partial charge is 0.243 e. The summed E-state index contributed by atoms with van der Waals surface area (Å²) in [7, 11) is -3.46. The first-order valence-electron chi connectivity index (χ1n) is 7.15. The summed E-state index contributed by atoms with van der Waals surface area (Å²) in [6.07, 6.45) is 3.30. The molecular weight excluding hydrogens is 274 g/mol. The molecular formula is C14H25N3O2S. The van der Waals surface area contributed by atoms with E-state index in [0.717, 1.165) is 19.4 Å². The molecule has 1 aromatic heterocycles. The van der Waals surface area contributed by atoms with E-state index >= 15 is 0 Å². The third-order valence-corrected chi connectivity index (χ3v) is 4.99. The van der Waals surface area contributed by atoms with Gasteiger partial charge in [-0.05, 0) is 32.8 Å². The minimum absolute atomic E-state index is 0.0554. The molecule has 114 valence electrons. The second-order valence-electron chi connectivity index (χ2n) is 5.01. The molecule has 1 rings (SSSR count). The Morgan fingerprint density at radius 2 is 2.00 bits per heavy atom. The monoisotopic (exact) mass is 299 g/mol. The Labute approximate surface area is 122 Å². The Morgan fingerprint density at radius 1 is 1.30 bits per heavy atom. The van der Waals surface area contributed by atoms with Gasteiger partial charge in [0.05, 0.1) is 4.90 Å². The third-order valence-electron chi connectivity index (χ3n) is 2.91. The van der Waals surface area contributed by atoms with E-state index in [0.29, 0.717) is 17.3 Å². The molecule has 5 nitrogen and oxygen atoms in total. The van der Waals surface area contributed by atoms with Crippen molar-refractivity contribution in [2.45, 2.75) is 51.5 Å². The Balaban J connectivity index is 3.07. The van der Waals surface area contributed by atoms with E-state index in [-0.39, 0.29) is 6.04 Å². The van der Waals surface area contributed by atoms with Crippen molar-refractivity contribution in [3.8, 4) is 0 Å². The number of aromatic nitrogens is 1. The highest BCUT2D eigenvalue weighted by atomic mass is 32.2. The third kappa shape index (κ3) is 4.18. The number of anilines is 1. The van der Waals surface area contributed by atoms with E-state index in [9.17, 15) is 8.42 Å². The molecule has 6 heteroatoms. The molecule has 1 aromatic rings.